The lowest BCUT2D eigenvalue weighted by atomic mass is 10.1. The van der Waals surface area contributed by atoms with Gasteiger partial charge in [0.25, 0.3) is 5.91 Å². The summed E-state index contributed by atoms with van der Waals surface area (Å²) in [7, 11) is 1.64. The van der Waals surface area contributed by atoms with Crippen molar-refractivity contribution in [1.82, 2.24) is 9.13 Å². The largest absolute Gasteiger partial charge is 0.399 e. The molecule has 0 aliphatic rings. The van der Waals surface area contributed by atoms with Crippen LogP contribution in [0.3, 0.4) is 0 Å². The molecule has 0 radical (unpaired) electrons. The van der Waals surface area contributed by atoms with Crippen molar-refractivity contribution in [3.8, 4) is 0 Å². The van der Waals surface area contributed by atoms with E-state index in [2.05, 4.69) is 0 Å². The average molecular weight is 295 g/mol. The SMILES string of the molecule is Cc1ccc(C(=O)n2c(=O)n(C)c3ccc(N)cc32)cc1C. The summed E-state index contributed by atoms with van der Waals surface area (Å²) >= 11 is 0. The Hall–Kier alpha value is -2.82. The second-order valence-electron chi connectivity index (χ2n) is 5.53. The topological polar surface area (TPSA) is 70.0 Å². The Morgan fingerprint density at radius 3 is 2.41 bits per heavy atom. The van der Waals surface area contributed by atoms with Gasteiger partial charge in [0, 0.05) is 18.3 Å². The molecular formula is C17H17N3O2. The first-order chi connectivity index (χ1) is 10.4. The molecular weight excluding hydrogens is 278 g/mol. The fraction of sp³-hybridized carbons (Fsp3) is 0.176. The second-order valence-corrected chi connectivity index (χ2v) is 5.53. The maximum atomic E-state index is 12.8. The number of benzene rings is 2. The minimum Gasteiger partial charge on any atom is -0.399 e. The smallest absolute Gasteiger partial charge is 0.335 e. The highest BCUT2D eigenvalue weighted by Crippen LogP contribution is 2.18. The Balaban J connectivity index is 2.27. The van der Waals surface area contributed by atoms with Gasteiger partial charge in [-0.1, -0.05) is 6.07 Å². The predicted molar refractivity (Wildman–Crippen MR) is 87.2 cm³/mol. The van der Waals surface area contributed by atoms with E-state index < -0.39 is 0 Å². The third kappa shape index (κ3) is 2.02. The minimum atomic E-state index is -0.371. The van der Waals surface area contributed by atoms with E-state index in [4.69, 9.17) is 5.73 Å². The van der Waals surface area contributed by atoms with Gasteiger partial charge in [0.05, 0.1) is 11.0 Å². The molecule has 0 saturated carbocycles. The van der Waals surface area contributed by atoms with E-state index >= 15 is 0 Å². The van der Waals surface area contributed by atoms with Crippen LogP contribution in [0.5, 0.6) is 0 Å². The number of anilines is 1. The highest BCUT2D eigenvalue weighted by molar-refractivity contribution is 6.01. The Morgan fingerprint density at radius 2 is 1.73 bits per heavy atom. The van der Waals surface area contributed by atoms with Gasteiger partial charge in [-0.15, -0.1) is 0 Å². The first kappa shape index (κ1) is 14.1. The summed E-state index contributed by atoms with van der Waals surface area (Å²) in [5.74, 6) is -0.343. The maximum absolute atomic E-state index is 12.8. The molecule has 2 aromatic carbocycles. The Labute approximate surface area is 127 Å². The summed E-state index contributed by atoms with van der Waals surface area (Å²) in [6.45, 7) is 3.92. The molecule has 0 fully saturated rings. The Kier molecular flexibility index (Phi) is 3.13. The number of aryl methyl sites for hydroxylation is 3. The monoisotopic (exact) mass is 295 g/mol. The number of nitrogen functional groups attached to an aromatic ring is 1. The summed E-state index contributed by atoms with van der Waals surface area (Å²) in [5, 5.41) is 0. The van der Waals surface area contributed by atoms with Crippen LogP contribution in [0.15, 0.2) is 41.2 Å². The Bertz CT molecular complexity index is 964. The molecule has 0 saturated heterocycles. The van der Waals surface area contributed by atoms with Crippen molar-refractivity contribution in [2.24, 2.45) is 7.05 Å². The third-order valence-corrected chi connectivity index (χ3v) is 4.04. The molecule has 3 aromatic rings. The van der Waals surface area contributed by atoms with Crippen LogP contribution in [0.25, 0.3) is 11.0 Å². The van der Waals surface area contributed by atoms with Gasteiger partial charge in [-0.05, 0) is 55.3 Å². The molecule has 1 aromatic heterocycles. The van der Waals surface area contributed by atoms with Crippen LogP contribution in [-0.4, -0.2) is 15.0 Å². The molecule has 112 valence electrons. The number of hydrogen-bond donors (Lipinski definition) is 1. The first-order valence-corrected chi connectivity index (χ1v) is 6.99. The predicted octanol–water partition coefficient (Wildman–Crippen LogP) is 2.23. The van der Waals surface area contributed by atoms with E-state index in [1.165, 1.54) is 9.13 Å². The third-order valence-electron chi connectivity index (χ3n) is 4.04. The van der Waals surface area contributed by atoms with Gasteiger partial charge in [-0.3, -0.25) is 9.36 Å². The fourth-order valence-electron chi connectivity index (χ4n) is 2.56. The lowest BCUT2D eigenvalue weighted by Crippen LogP contribution is -2.28. The zero-order valence-corrected chi connectivity index (χ0v) is 12.8. The van der Waals surface area contributed by atoms with Gasteiger partial charge in [0.15, 0.2) is 0 Å². The highest BCUT2D eigenvalue weighted by atomic mass is 16.2. The van der Waals surface area contributed by atoms with Crippen LogP contribution in [0.1, 0.15) is 21.5 Å². The molecule has 3 rings (SSSR count). The van der Waals surface area contributed by atoms with Crippen molar-refractivity contribution >= 4 is 22.6 Å². The molecule has 1 heterocycles. The van der Waals surface area contributed by atoms with Gasteiger partial charge < -0.3 is 5.73 Å². The molecule has 2 N–H and O–H groups in total. The van der Waals surface area contributed by atoms with E-state index in [-0.39, 0.29) is 11.6 Å². The molecule has 0 bridgehead atoms. The fourth-order valence-corrected chi connectivity index (χ4v) is 2.56. The number of nitrogens with zero attached hydrogens (tertiary/aromatic N) is 2. The van der Waals surface area contributed by atoms with Crippen molar-refractivity contribution in [2.45, 2.75) is 13.8 Å². The van der Waals surface area contributed by atoms with Crippen molar-refractivity contribution in [1.29, 1.82) is 0 Å². The standard InChI is InChI=1S/C17H17N3O2/c1-10-4-5-12(8-11(10)2)16(21)20-15-9-13(18)6-7-14(15)19(3)17(20)22/h4-9H,18H2,1-3H3. The number of nitrogens with two attached hydrogens (primary N) is 1. The molecule has 5 nitrogen and oxygen atoms in total. The van der Waals surface area contributed by atoms with Crippen LogP contribution in [0, 0.1) is 13.8 Å². The van der Waals surface area contributed by atoms with Gasteiger partial charge in [-0.2, -0.15) is 0 Å². The van der Waals surface area contributed by atoms with E-state index in [1.54, 1.807) is 37.4 Å². The summed E-state index contributed by atoms with van der Waals surface area (Å²) in [6.07, 6.45) is 0. The lowest BCUT2D eigenvalue weighted by Gasteiger charge is -2.06. The summed E-state index contributed by atoms with van der Waals surface area (Å²) < 4.78 is 2.63. The molecule has 0 aliphatic heterocycles. The Morgan fingerprint density at radius 1 is 1.00 bits per heavy atom. The number of hydrogen-bond acceptors (Lipinski definition) is 3. The summed E-state index contributed by atoms with van der Waals surface area (Å²) in [6, 6.07) is 10.5. The van der Waals surface area contributed by atoms with Crippen LogP contribution in [-0.2, 0) is 7.05 Å². The molecule has 0 aliphatic carbocycles. The van der Waals surface area contributed by atoms with Crippen LogP contribution in [0.2, 0.25) is 0 Å². The summed E-state index contributed by atoms with van der Waals surface area (Å²) in [4.78, 5) is 25.2. The highest BCUT2D eigenvalue weighted by Gasteiger charge is 2.18. The lowest BCUT2D eigenvalue weighted by molar-refractivity contribution is 0.0960. The van der Waals surface area contributed by atoms with Crippen LogP contribution in [0.4, 0.5) is 5.69 Å². The van der Waals surface area contributed by atoms with Crippen LogP contribution >= 0.6 is 0 Å². The number of carbonyl (C=O) groups is 1. The first-order valence-electron chi connectivity index (χ1n) is 6.99. The van der Waals surface area contributed by atoms with E-state index in [1.807, 2.05) is 19.9 Å². The van der Waals surface area contributed by atoms with Crippen molar-refractivity contribution in [3.63, 3.8) is 0 Å². The average Bonchev–Trinajstić information content (AvgIpc) is 2.72. The molecule has 0 unspecified atom stereocenters. The van der Waals surface area contributed by atoms with Crippen LogP contribution < -0.4 is 11.4 Å². The van der Waals surface area contributed by atoms with E-state index in [0.717, 1.165) is 11.1 Å². The zero-order valence-electron chi connectivity index (χ0n) is 12.8. The van der Waals surface area contributed by atoms with Crippen molar-refractivity contribution < 1.29 is 4.79 Å². The van der Waals surface area contributed by atoms with Crippen molar-refractivity contribution in [2.75, 3.05) is 5.73 Å². The minimum absolute atomic E-state index is 0.343. The zero-order chi connectivity index (χ0) is 16.0. The normalized spacial score (nSPS) is 11.0. The number of aromatic nitrogens is 2. The number of imidazole rings is 1. The molecule has 5 heteroatoms. The van der Waals surface area contributed by atoms with Crippen molar-refractivity contribution in [3.05, 3.63) is 63.6 Å². The maximum Gasteiger partial charge on any atom is 0.335 e. The quantitative estimate of drug-likeness (QED) is 0.700. The molecule has 0 spiro atoms. The van der Waals surface area contributed by atoms with Gasteiger partial charge >= 0.3 is 5.69 Å². The van der Waals surface area contributed by atoms with Gasteiger partial charge in [0.2, 0.25) is 0 Å². The van der Waals surface area contributed by atoms with Gasteiger partial charge in [0.1, 0.15) is 0 Å². The number of rotatable bonds is 1. The van der Waals surface area contributed by atoms with E-state index in [9.17, 15) is 9.59 Å². The van der Waals surface area contributed by atoms with E-state index in [0.29, 0.717) is 22.3 Å². The molecule has 0 amide bonds. The molecule has 0 atom stereocenters. The number of fused-ring (bicyclic) bond motifs is 1. The number of carbonyl (C=O) groups excluding carboxylic acids is 1. The summed E-state index contributed by atoms with van der Waals surface area (Å²) in [5.41, 5.74) is 9.74. The molecule has 22 heavy (non-hydrogen) atoms. The second kappa shape index (κ2) is 4.87. The van der Waals surface area contributed by atoms with Gasteiger partial charge in [-0.25, -0.2) is 9.36 Å².